The zero-order valence-corrected chi connectivity index (χ0v) is 9.71. The number of imidazole rings is 1. The molecule has 80 valence electrons. The molecule has 1 N–H and O–H groups in total. The summed E-state index contributed by atoms with van der Waals surface area (Å²) in [5, 5.41) is 3.38. The second-order valence-corrected chi connectivity index (χ2v) is 4.40. The van der Waals surface area contributed by atoms with Gasteiger partial charge in [-0.3, -0.25) is 0 Å². The Morgan fingerprint density at radius 1 is 1.47 bits per heavy atom. The lowest BCUT2D eigenvalue weighted by molar-refractivity contribution is 0.658. The van der Waals surface area contributed by atoms with Crippen LogP contribution in [0.15, 0.2) is 18.0 Å². The van der Waals surface area contributed by atoms with Crippen molar-refractivity contribution in [1.29, 1.82) is 0 Å². The van der Waals surface area contributed by atoms with Crippen LogP contribution in [0.5, 0.6) is 0 Å². The Labute approximate surface area is 93.0 Å². The van der Waals surface area contributed by atoms with Crippen molar-refractivity contribution in [1.82, 2.24) is 19.9 Å². The summed E-state index contributed by atoms with van der Waals surface area (Å²) in [5.41, 5.74) is 4.20. The molecular formula is C10H14N4S. The Morgan fingerprint density at radius 3 is 2.93 bits per heavy atom. The maximum absolute atomic E-state index is 4.21. The first-order valence-electron chi connectivity index (χ1n) is 4.82. The van der Waals surface area contributed by atoms with E-state index in [1.807, 2.05) is 36.6 Å². The highest BCUT2D eigenvalue weighted by Gasteiger charge is 2.01. The zero-order valence-electron chi connectivity index (χ0n) is 8.90. The van der Waals surface area contributed by atoms with E-state index in [0.717, 1.165) is 18.8 Å². The van der Waals surface area contributed by atoms with Crippen LogP contribution in [-0.2, 0) is 20.1 Å². The normalized spacial score (nSPS) is 10.8. The molecule has 0 aliphatic carbocycles. The topological polar surface area (TPSA) is 42.7 Å². The molecule has 0 aromatic carbocycles. The minimum atomic E-state index is 0.841. The lowest BCUT2D eigenvalue weighted by Gasteiger charge is -2.04. The van der Waals surface area contributed by atoms with Crippen LogP contribution >= 0.6 is 11.3 Å². The highest BCUT2D eigenvalue weighted by molar-refractivity contribution is 7.09. The second-order valence-electron chi connectivity index (χ2n) is 3.46. The number of nitrogens with zero attached hydrogens (tertiary/aromatic N) is 3. The van der Waals surface area contributed by atoms with E-state index in [4.69, 9.17) is 0 Å². The zero-order chi connectivity index (χ0) is 10.7. The maximum atomic E-state index is 4.21. The van der Waals surface area contributed by atoms with E-state index in [9.17, 15) is 0 Å². The molecule has 0 saturated carbocycles. The van der Waals surface area contributed by atoms with Crippen molar-refractivity contribution in [2.24, 2.45) is 7.05 Å². The van der Waals surface area contributed by atoms with E-state index >= 15 is 0 Å². The first kappa shape index (κ1) is 10.3. The molecule has 2 rings (SSSR count). The monoisotopic (exact) mass is 222 g/mol. The summed E-state index contributed by atoms with van der Waals surface area (Å²) in [6, 6.07) is 0. The van der Waals surface area contributed by atoms with Crippen LogP contribution in [0.1, 0.15) is 16.3 Å². The van der Waals surface area contributed by atoms with Crippen molar-refractivity contribution < 1.29 is 0 Å². The third-order valence-electron chi connectivity index (χ3n) is 2.35. The molecular weight excluding hydrogens is 208 g/mol. The Bertz CT molecular complexity index is 392. The highest BCUT2D eigenvalue weighted by atomic mass is 32.1. The summed E-state index contributed by atoms with van der Waals surface area (Å²) in [5.74, 6) is 0. The average molecular weight is 222 g/mol. The summed E-state index contributed by atoms with van der Waals surface area (Å²) in [7, 11) is 2.00. The molecule has 0 amide bonds. The molecule has 0 saturated heterocycles. The van der Waals surface area contributed by atoms with Crippen LogP contribution in [0.2, 0.25) is 0 Å². The van der Waals surface area contributed by atoms with Crippen molar-refractivity contribution in [2.75, 3.05) is 0 Å². The van der Waals surface area contributed by atoms with E-state index in [2.05, 4.69) is 15.3 Å². The quantitative estimate of drug-likeness (QED) is 0.852. The Balaban J connectivity index is 1.86. The molecule has 0 unspecified atom stereocenters. The number of hydrogen-bond donors (Lipinski definition) is 1. The smallest absolute Gasteiger partial charge is 0.0945 e. The Morgan fingerprint density at radius 2 is 2.33 bits per heavy atom. The molecule has 0 atom stereocenters. The fraction of sp³-hybridized carbons (Fsp3) is 0.400. The molecule has 2 aromatic rings. The molecule has 0 bridgehead atoms. The van der Waals surface area contributed by atoms with Gasteiger partial charge in [-0.1, -0.05) is 0 Å². The van der Waals surface area contributed by atoms with Gasteiger partial charge >= 0.3 is 0 Å². The summed E-state index contributed by atoms with van der Waals surface area (Å²) >= 11 is 1.69. The third kappa shape index (κ3) is 2.43. The minimum absolute atomic E-state index is 0.841. The Kier molecular flexibility index (Phi) is 3.13. The van der Waals surface area contributed by atoms with Gasteiger partial charge < -0.3 is 9.88 Å². The number of nitrogens with one attached hydrogen (secondary N) is 1. The Hall–Kier alpha value is -1.20. The molecule has 0 spiro atoms. The van der Waals surface area contributed by atoms with Crippen molar-refractivity contribution in [3.8, 4) is 0 Å². The third-order valence-corrected chi connectivity index (χ3v) is 3.29. The summed E-state index contributed by atoms with van der Waals surface area (Å²) in [6.45, 7) is 3.76. The average Bonchev–Trinajstić information content (AvgIpc) is 2.78. The van der Waals surface area contributed by atoms with Crippen molar-refractivity contribution >= 4 is 11.3 Å². The van der Waals surface area contributed by atoms with Crippen molar-refractivity contribution in [3.63, 3.8) is 0 Å². The first-order valence-corrected chi connectivity index (χ1v) is 5.70. The van der Waals surface area contributed by atoms with E-state index < -0.39 is 0 Å². The minimum Gasteiger partial charge on any atom is -0.337 e. The van der Waals surface area contributed by atoms with E-state index in [1.165, 1.54) is 10.6 Å². The van der Waals surface area contributed by atoms with Gasteiger partial charge in [0.1, 0.15) is 0 Å². The summed E-state index contributed by atoms with van der Waals surface area (Å²) < 4.78 is 2.02. The SMILES string of the molecule is Cc1ncsc1CNCc1cncn1C. The van der Waals surface area contributed by atoms with Gasteiger partial charge in [0, 0.05) is 31.2 Å². The fourth-order valence-corrected chi connectivity index (χ4v) is 2.10. The van der Waals surface area contributed by atoms with E-state index in [1.54, 1.807) is 11.3 Å². The molecule has 0 aliphatic rings. The van der Waals surface area contributed by atoms with Crippen molar-refractivity contribution in [3.05, 3.63) is 34.3 Å². The molecule has 2 aromatic heterocycles. The lowest BCUT2D eigenvalue weighted by Crippen LogP contribution is -2.14. The van der Waals surface area contributed by atoms with Gasteiger partial charge in [-0.15, -0.1) is 11.3 Å². The largest absolute Gasteiger partial charge is 0.337 e. The lowest BCUT2D eigenvalue weighted by atomic mass is 10.4. The number of aryl methyl sites for hydroxylation is 2. The molecule has 5 heteroatoms. The standard InChI is InChI=1S/C10H14N4S/c1-8-10(15-7-13-8)5-11-3-9-4-12-6-14(9)2/h4,6-7,11H,3,5H2,1-2H3. The van der Waals surface area contributed by atoms with Gasteiger partial charge in [0.05, 0.1) is 23.2 Å². The predicted molar refractivity (Wildman–Crippen MR) is 60.6 cm³/mol. The van der Waals surface area contributed by atoms with Gasteiger partial charge in [0.25, 0.3) is 0 Å². The van der Waals surface area contributed by atoms with Gasteiger partial charge in [-0.2, -0.15) is 0 Å². The fourth-order valence-electron chi connectivity index (χ4n) is 1.35. The number of rotatable bonds is 4. The molecule has 0 radical (unpaired) electrons. The van der Waals surface area contributed by atoms with Crippen LogP contribution in [0.25, 0.3) is 0 Å². The van der Waals surface area contributed by atoms with Crippen LogP contribution < -0.4 is 5.32 Å². The molecule has 4 nitrogen and oxygen atoms in total. The van der Waals surface area contributed by atoms with Gasteiger partial charge in [0.2, 0.25) is 0 Å². The number of aromatic nitrogens is 3. The number of thiazole rings is 1. The summed E-state index contributed by atoms with van der Waals surface area (Å²) in [4.78, 5) is 9.58. The van der Waals surface area contributed by atoms with Gasteiger partial charge in [-0.05, 0) is 6.92 Å². The number of hydrogen-bond acceptors (Lipinski definition) is 4. The van der Waals surface area contributed by atoms with Crippen LogP contribution in [0.3, 0.4) is 0 Å². The maximum Gasteiger partial charge on any atom is 0.0945 e. The first-order chi connectivity index (χ1) is 7.27. The summed E-state index contributed by atoms with van der Waals surface area (Å²) in [6.07, 6.45) is 3.70. The molecule has 0 aliphatic heterocycles. The van der Waals surface area contributed by atoms with E-state index in [-0.39, 0.29) is 0 Å². The van der Waals surface area contributed by atoms with Gasteiger partial charge in [0.15, 0.2) is 0 Å². The highest BCUT2D eigenvalue weighted by Crippen LogP contribution is 2.11. The predicted octanol–water partition coefficient (Wildman–Crippen LogP) is 1.47. The van der Waals surface area contributed by atoms with Crippen LogP contribution in [-0.4, -0.2) is 14.5 Å². The van der Waals surface area contributed by atoms with Crippen LogP contribution in [0, 0.1) is 6.92 Å². The van der Waals surface area contributed by atoms with Crippen molar-refractivity contribution in [2.45, 2.75) is 20.0 Å². The molecule has 15 heavy (non-hydrogen) atoms. The second kappa shape index (κ2) is 4.55. The molecule has 0 fully saturated rings. The molecule has 2 heterocycles. The van der Waals surface area contributed by atoms with Gasteiger partial charge in [-0.25, -0.2) is 9.97 Å². The van der Waals surface area contributed by atoms with Crippen LogP contribution in [0.4, 0.5) is 0 Å². The van der Waals surface area contributed by atoms with E-state index in [0.29, 0.717) is 0 Å².